The fraction of sp³-hybridized carbons (Fsp3) is 0.533. The van der Waals surface area contributed by atoms with Crippen LogP contribution in [-0.4, -0.2) is 30.8 Å². The quantitative estimate of drug-likeness (QED) is 0.755. The molecule has 1 amide bonds. The van der Waals surface area contributed by atoms with Crippen molar-refractivity contribution in [3.8, 4) is 5.75 Å². The minimum absolute atomic E-state index is 0.0383. The first-order chi connectivity index (χ1) is 9.17. The molecule has 19 heavy (non-hydrogen) atoms. The third-order valence-corrected chi connectivity index (χ3v) is 3.02. The molecule has 1 aromatic rings. The smallest absolute Gasteiger partial charge is 0.220 e. The van der Waals surface area contributed by atoms with Gasteiger partial charge in [-0.25, -0.2) is 0 Å². The van der Waals surface area contributed by atoms with Crippen LogP contribution in [0.2, 0.25) is 0 Å². The van der Waals surface area contributed by atoms with Crippen LogP contribution in [0.3, 0.4) is 0 Å². The molecule has 0 aromatic heterocycles. The molecule has 4 nitrogen and oxygen atoms in total. The number of benzene rings is 1. The van der Waals surface area contributed by atoms with E-state index >= 15 is 0 Å². The summed E-state index contributed by atoms with van der Waals surface area (Å²) in [4.78, 5) is 11.8. The fourth-order valence-corrected chi connectivity index (χ4v) is 1.97. The Kier molecular flexibility index (Phi) is 6.97. The normalized spacial score (nSPS) is 11.9. The van der Waals surface area contributed by atoms with E-state index in [0.717, 1.165) is 17.7 Å². The number of rotatable bonds is 8. The van der Waals surface area contributed by atoms with Gasteiger partial charge in [-0.1, -0.05) is 18.2 Å². The standard InChI is InChI=1S/C15H23NO3/c1-12(6-5-11-17)16-15(18)10-9-13-7-3-4-8-14(13)19-2/h3-4,7-8,12,17H,5-6,9-11H2,1-2H3,(H,16,18). The monoisotopic (exact) mass is 265 g/mol. The molecule has 0 aliphatic heterocycles. The zero-order valence-electron chi connectivity index (χ0n) is 11.7. The lowest BCUT2D eigenvalue weighted by atomic mass is 10.1. The van der Waals surface area contributed by atoms with E-state index < -0.39 is 0 Å². The average Bonchev–Trinajstić information content (AvgIpc) is 2.43. The van der Waals surface area contributed by atoms with E-state index in [2.05, 4.69) is 5.32 Å². The lowest BCUT2D eigenvalue weighted by molar-refractivity contribution is -0.121. The predicted molar refractivity (Wildman–Crippen MR) is 75.2 cm³/mol. The van der Waals surface area contributed by atoms with Crippen molar-refractivity contribution in [3.63, 3.8) is 0 Å². The highest BCUT2D eigenvalue weighted by Crippen LogP contribution is 2.18. The van der Waals surface area contributed by atoms with Crippen LogP contribution < -0.4 is 10.1 Å². The van der Waals surface area contributed by atoms with E-state index in [1.807, 2.05) is 31.2 Å². The van der Waals surface area contributed by atoms with Crippen LogP contribution in [-0.2, 0) is 11.2 Å². The Hall–Kier alpha value is -1.55. The number of aryl methyl sites for hydroxylation is 1. The zero-order valence-corrected chi connectivity index (χ0v) is 11.7. The number of aliphatic hydroxyl groups excluding tert-OH is 1. The molecule has 1 aromatic carbocycles. The van der Waals surface area contributed by atoms with Gasteiger partial charge < -0.3 is 15.2 Å². The maximum atomic E-state index is 11.8. The number of carbonyl (C=O) groups excluding carboxylic acids is 1. The van der Waals surface area contributed by atoms with Gasteiger partial charge in [-0.3, -0.25) is 4.79 Å². The highest BCUT2D eigenvalue weighted by molar-refractivity contribution is 5.76. The molecule has 1 atom stereocenters. The summed E-state index contributed by atoms with van der Waals surface area (Å²) < 4.78 is 5.25. The molecular weight excluding hydrogens is 242 g/mol. The molecule has 106 valence electrons. The number of ether oxygens (including phenoxy) is 1. The molecule has 2 N–H and O–H groups in total. The Bertz CT molecular complexity index is 393. The summed E-state index contributed by atoms with van der Waals surface area (Å²) in [5.74, 6) is 0.861. The van der Waals surface area contributed by atoms with Gasteiger partial charge in [0, 0.05) is 19.1 Å². The van der Waals surface area contributed by atoms with Crippen LogP contribution in [0.15, 0.2) is 24.3 Å². The van der Waals surface area contributed by atoms with Crippen LogP contribution in [0.4, 0.5) is 0 Å². The number of aliphatic hydroxyl groups is 1. The van der Waals surface area contributed by atoms with Crippen LogP contribution in [0.5, 0.6) is 5.75 Å². The van der Waals surface area contributed by atoms with Crippen molar-refractivity contribution in [1.82, 2.24) is 5.32 Å². The van der Waals surface area contributed by atoms with Gasteiger partial charge in [-0.2, -0.15) is 0 Å². The fourth-order valence-electron chi connectivity index (χ4n) is 1.97. The third-order valence-electron chi connectivity index (χ3n) is 3.02. The van der Waals surface area contributed by atoms with Gasteiger partial charge in [-0.15, -0.1) is 0 Å². The molecule has 0 heterocycles. The topological polar surface area (TPSA) is 58.6 Å². The summed E-state index contributed by atoms with van der Waals surface area (Å²) in [5.41, 5.74) is 1.04. The van der Waals surface area contributed by atoms with Gasteiger partial charge in [0.05, 0.1) is 7.11 Å². The van der Waals surface area contributed by atoms with Gasteiger partial charge in [0.2, 0.25) is 5.91 Å². The largest absolute Gasteiger partial charge is 0.496 e. The van der Waals surface area contributed by atoms with Crippen molar-refractivity contribution in [2.75, 3.05) is 13.7 Å². The van der Waals surface area contributed by atoms with Gasteiger partial charge in [0.1, 0.15) is 5.75 Å². The summed E-state index contributed by atoms with van der Waals surface area (Å²) in [7, 11) is 1.63. The van der Waals surface area contributed by atoms with Crippen molar-refractivity contribution in [2.45, 2.75) is 38.6 Å². The van der Waals surface area contributed by atoms with E-state index in [1.54, 1.807) is 7.11 Å². The second kappa shape index (κ2) is 8.53. The summed E-state index contributed by atoms with van der Waals surface area (Å²) in [5, 5.41) is 11.7. The Morgan fingerprint density at radius 1 is 1.42 bits per heavy atom. The van der Waals surface area contributed by atoms with Crippen LogP contribution in [0.25, 0.3) is 0 Å². The van der Waals surface area contributed by atoms with E-state index in [0.29, 0.717) is 19.3 Å². The van der Waals surface area contributed by atoms with Crippen molar-refractivity contribution in [2.24, 2.45) is 0 Å². The molecule has 0 aliphatic rings. The van der Waals surface area contributed by atoms with Crippen molar-refractivity contribution >= 4 is 5.91 Å². The van der Waals surface area contributed by atoms with E-state index in [1.165, 1.54) is 0 Å². The number of carbonyl (C=O) groups is 1. The second-order valence-electron chi connectivity index (χ2n) is 4.65. The Morgan fingerprint density at radius 3 is 2.84 bits per heavy atom. The highest BCUT2D eigenvalue weighted by atomic mass is 16.5. The number of hydrogen-bond donors (Lipinski definition) is 2. The molecule has 0 spiro atoms. The van der Waals surface area contributed by atoms with Gasteiger partial charge in [0.15, 0.2) is 0 Å². The summed E-state index contributed by atoms with van der Waals surface area (Å²) in [6.07, 6.45) is 2.64. The van der Waals surface area contributed by atoms with Crippen LogP contribution >= 0.6 is 0 Å². The first kappa shape index (κ1) is 15.5. The van der Waals surface area contributed by atoms with E-state index in [4.69, 9.17) is 9.84 Å². The number of nitrogens with one attached hydrogen (secondary N) is 1. The number of para-hydroxylation sites is 1. The molecule has 0 bridgehead atoms. The Labute approximate surface area is 114 Å². The Balaban J connectivity index is 2.37. The first-order valence-corrected chi connectivity index (χ1v) is 6.69. The predicted octanol–water partition coefficient (Wildman–Crippen LogP) is 1.90. The van der Waals surface area contributed by atoms with Crippen molar-refractivity contribution in [1.29, 1.82) is 0 Å². The average molecular weight is 265 g/mol. The van der Waals surface area contributed by atoms with Crippen molar-refractivity contribution < 1.29 is 14.6 Å². The third kappa shape index (κ3) is 5.75. The molecule has 0 saturated carbocycles. The minimum atomic E-state index is 0.0383. The molecule has 1 rings (SSSR count). The SMILES string of the molecule is COc1ccccc1CCC(=O)NC(C)CCCO. The number of amides is 1. The summed E-state index contributed by atoms with van der Waals surface area (Å²) in [6, 6.07) is 7.84. The van der Waals surface area contributed by atoms with Crippen LogP contribution in [0.1, 0.15) is 31.7 Å². The summed E-state index contributed by atoms with van der Waals surface area (Å²) in [6.45, 7) is 2.12. The van der Waals surface area contributed by atoms with Gasteiger partial charge in [0.25, 0.3) is 0 Å². The van der Waals surface area contributed by atoms with Crippen LogP contribution in [0, 0.1) is 0 Å². The lowest BCUT2D eigenvalue weighted by Gasteiger charge is -2.13. The van der Waals surface area contributed by atoms with Gasteiger partial charge >= 0.3 is 0 Å². The zero-order chi connectivity index (χ0) is 14.1. The summed E-state index contributed by atoms with van der Waals surface area (Å²) >= 11 is 0. The Morgan fingerprint density at radius 2 is 2.16 bits per heavy atom. The molecule has 0 aliphatic carbocycles. The molecule has 1 unspecified atom stereocenters. The maximum absolute atomic E-state index is 11.8. The minimum Gasteiger partial charge on any atom is -0.496 e. The first-order valence-electron chi connectivity index (χ1n) is 6.69. The molecule has 0 saturated heterocycles. The highest BCUT2D eigenvalue weighted by Gasteiger charge is 2.09. The maximum Gasteiger partial charge on any atom is 0.220 e. The van der Waals surface area contributed by atoms with E-state index in [9.17, 15) is 4.79 Å². The van der Waals surface area contributed by atoms with Crippen molar-refractivity contribution in [3.05, 3.63) is 29.8 Å². The number of hydrogen-bond acceptors (Lipinski definition) is 3. The van der Waals surface area contributed by atoms with Gasteiger partial charge in [-0.05, 0) is 37.8 Å². The molecule has 0 fully saturated rings. The second-order valence-corrected chi connectivity index (χ2v) is 4.65. The number of methoxy groups -OCH3 is 1. The molecule has 0 radical (unpaired) electrons. The van der Waals surface area contributed by atoms with E-state index in [-0.39, 0.29) is 18.6 Å². The molecule has 4 heteroatoms. The lowest BCUT2D eigenvalue weighted by Crippen LogP contribution is -2.32. The molecular formula is C15H23NO3.